The monoisotopic (exact) mass is 377 g/mol. The topological polar surface area (TPSA) is 147 Å². The van der Waals surface area contributed by atoms with E-state index in [4.69, 9.17) is 10.2 Å². The maximum absolute atomic E-state index is 12.1. The van der Waals surface area contributed by atoms with Crippen LogP contribution in [0.5, 0.6) is 0 Å². The van der Waals surface area contributed by atoms with Crippen LogP contribution in [-0.4, -0.2) is 64.0 Å². The van der Waals surface area contributed by atoms with Crippen molar-refractivity contribution in [3.63, 3.8) is 0 Å². The van der Waals surface area contributed by atoms with Gasteiger partial charge in [-0.2, -0.15) is 11.8 Å². The fraction of sp³-hybridized carbons (Fsp3) is 0.667. The number of aliphatic carboxylic acids is 2. The van der Waals surface area contributed by atoms with E-state index >= 15 is 0 Å². The Kier molecular flexibility index (Phi) is 11.3. The fourth-order valence-corrected chi connectivity index (χ4v) is 2.69. The van der Waals surface area contributed by atoms with Gasteiger partial charge in [0.25, 0.3) is 0 Å². The highest BCUT2D eigenvalue weighted by molar-refractivity contribution is 7.99. The van der Waals surface area contributed by atoms with Crippen LogP contribution in [-0.2, 0) is 28.7 Å². The Morgan fingerprint density at radius 3 is 2.28 bits per heavy atom. The van der Waals surface area contributed by atoms with Gasteiger partial charge in [-0.1, -0.05) is 6.92 Å². The molecule has 2 atom stereocenters. The molecule has 25 heavy (non-hydrogen) atoms. The van der Waals surface area contributed by atoms with Gasteiger partial charge in [0.05, 0.1) is 6.42 Å². The highest BCUT2D eigenvalue weighted by Gasteiger charge is 2.26. The Morgan fingerprint density at radius 1 is 1.12 bits per heavy atom. The summed E-state index contributed by atoms with van der Waals surface area (Å²) in [5.74, 6) is -3.53. The molecule has 0 spiro atoms. The number of hydrogen-bond acceptors (Lipinski definition) is 7. The highest BCUT2D eigenvalue weighted by atomic mass is 32.2. The third kappa shape index (κ3) is 12.0. The summed E-state index contributed by atoms with van der Waals surface area (Å²) in [6, 6.07) is -1.27. The smallest absolute Gasteiger partial charge is 0.305 e. The van der Waals surface area contributed by atoms with Crippen LogP contribution in [0.4, 0.5) is 0 Å². The molecule has 1 amide bonds. The van der Waals surface area contributed by atoms with Crippen molar-refractivity contribution in [1.29, 1.82) is 0 Å². The second-order valence-corrected chi connectivity index (χ2v) is 6.53. The van der Waals surface area contributed by atoms with Crippen LogP contribution in [0.2, 0.25) is 0 Å². The Labute approximate surface area is 149 Å². The minimum atomic E-state index is -1.27. The summed E-state index contributed by atoms with van der Waals surface area (Å²) >= 11 is 1.40. The van der Waals surface area contributed by atoms with Gasteiger partial charge >= 0.3 is 17.9 Å². The van der Waals surface area contributed by atoms with Gasteiger partial charge in [-0.3, -0.25) is 24.0 Å². The molecule has 0 bridgehead atoms. The zero-order valence-corrected chi connectivity index (χ0v) is 15.0. The standard InChI is InChI=1S/C15H23NO8S/c1-9(8-25-5-3-4-13(19)20)15(23)16-11(6-14(21)22)12(18)7-24-10(2)17/h9,11H,3-8H2,1-2H3,(H,16,23)(H,19,20)(H,21,22). The number of Topliss-reactive ketones (excluding diaryl/α,β-unsaturated/α-hetero) is 1. The second kappa shape index (κ2) is 12.3. The van der Waals surface area contributed by atoms with Gasteiger partial charge in [0.1, 0.15) is 6.04 Å². The first kappa shape index (κ1) is 22.9. The van der Waals surface area contributed by atoms with Crippen LogP contribution in [0.25, 0.3) is 0 Å². The predicted molar refractivity (Wildman–Crippen MR) is 89.2 cm³/mol. The first-order chi connectivity index (χ1) is 11.6. The lowest BCUT2D eigenvalue weighted by Gasteiger charge is -2.18. The van der Waals surface area contributed by atoms with Crippen molar-refractivity contribution in [2.75, 3.05) is 18.1 Å². The van der Waals surface area contributed by atoms with Crippen molar-refractivity contribution in [3.8, 4) is 0 Å². The Morgan fingerprint density at radius 2 is 1.76 bits per heavy atom. The number of esters is 1. The number of carboxylic acids is 2. The molecule has 0 aliphatic heterocycles. The quantitative estimate of drug-likeness (QED) is 0.305. The summed E-state index contributed by atoms with van der Waals surface area (Å²) < 4.78 is 4.53. The average Bonchev–Trinajstić information content (AvgIpc) is 2.50. The third-order valence-corrected chi connectivity index (χ3v) is 4.31. The molecule has 9 nitrogen and oxygen atoms in total. The molecular weight excluding hydrogens is 354 g/mol. The van der Waals surface area contributed by atoms with Crippen molar-refractivity contribution in [3.05, 3.63) is 0 Å². The maximum atomic E-state index is 12.1. The van der Waals surface area contributed by atoms with Crippen LogP contribution < -0.4 is 5.32 Å². The number of carboxylic acid groups (broad SMARTS) is 2. The van der Waals surface area contributed by atoms with Crippen molar-refractivity contribution in [2.45, 2.75) is 39.2 Å². The molecule has 2 unspecified atom stereocenters. The van der Waals surface area contributed by atoms with Gasteiger partial charge in [-0.25, -0.2) is 0 Å². The molecule has 0 aromatic rings. The number of nitrogens with one attached hydrogen (secondary N) is 1. The number of rotatable bonds is 13. The number of carbonyl (C=O) groups excluding carboxylic acids is 3. The first-order valence-corrected chi connectivity index (χ1v) is 8.76. The third-order valence-electron chi connectivity index (χ3n) is 3.00. The van der Waals surface area contributed by atoms with Gasteiger partial charge in [0.2, 0.25) is 5.91 Å². The number of ether oxygens (including phenoxy) is 1. The second-order valence-electron chi connectivity index (χ2n) is 5.38. The maximum Gasteiger partial charge on any atom is 0.305 e. The first-order valence-electron chi connectivity index (χ1n) is 7.61. The molecule has 0 fully saturated rings. The fourth-order valence-electron chi connectivity index (χ4n) is 1.67. The summed E-state index contributed by atoms with van der Waals surface area (Å²) in [6.45, 7) is 2.13. The van der Waals surface area contributed by atoms with Crippen molar-refractivity contribution in [2.24, 2.45) is 5.92 Å². The zero-order chi connectivity index (χ0) is 19.4. The predicted octanol–water partition coefficient (Wildman–Crippen LogP) is 0.312. The molecule has 0 heterocycles. The zero-order valence-electron chi connectivity index (χ0n) is 14.1. The number of ketones is 1. The van der Waals surface area contributed by atoms with Crippen molar-refractivity contribution in [1.82, 2.24) is 5.32 Å². The number of thioether (sulfide) groups is 1. The summed E-state index contributed by atoms with van der Waals surface area (Å²) in [4.78, 5) is 55.9. The Hall–Kier alpha value is -2.10. The average molecular weight is 377 g/mol. The van der Waals surface area contributed by atoms with Gasteiger partial charge in [0.15, 0.2) is 12.4 Å². The van der Waals surface area contributed by atoms with Crippen LogP contribution in [0, 0.1) is 5.92 Å². The van der Waals surface area contributed by atoms with E-state index in [0.717, 1.165) is 6.92 Å². The molecule has 0 aliphatic rings. The molecule has 10 heteroatoms. The number of hydrogen-bond donors (Lipinski definition) is 3. The normalized spacial score (nSPS) is 12.7. The molecule has 0 radical (unpaired) electrons. The summed E-state index contributed by atoms with van der Waals surface area (Å²) in [6.07, 6.45) is -0.0694. The number of carbonyl (C=O) groups is 5. The molecule has 0 aromatic carbocycles. The molecule has 0 rings (SSSR count). The molecule has 0 aliphatic carbocycles. The van der Waals surface area contributed by atoms with Gasteiger partial charge in [0, 0.05) is 25.0 Å². The minimum absolute atomic E-state index is 0.0545. The highest BCUT2D eigenvalue weighted by Crippen LogP contribution is 2.11. The molecule has 0 saturated carbocycles. The summed E-state index contributed by atoms with van der Waals surface area (Å²) in [7, 11) is 0. The van der Waals surface area contributed by atoms with E-state index in [-0.39, 0.29) is 6.42 Å². The van der Waals surface area contributed by atoms with Crippen molar-refractivity contribution >= 4 is 41.4 Å². The molecule has 0 saturated heterocycles. The van der Waals surface area contributed by atoms with Crippen molar-refractivity contribution < 1.29 is 38.9 Å². The minimum Gasteiger partial charge on any atom is -0.481 e. The van der Waals surface area contributed by atoms with Gasteiger partial charge < -0.3 is 20.3 Å². The molecule has 142 valence electrons. The number of amides is 1. The lowest BCUT2D eigenvalue weighted by molar-refractivity contribution is -0.147. The van der Waals surface area contributed by atoms with E-state index in [0.29, 0.717) is 17.9 Å². The molecule has 0 aromatic heterocycles. The lowest BCUT2D eigenvalue weighted by atomic mass is 10.1. The summed E-state index contributed by atoms with van der Waals surface area (Å²) in [5.41, 5.74) is 0. The molecular formula is C15H23NO8S. The van der Waals surface area contributed by atoms with Crippen LogP contribution in [0.1, 0.15) is 33.1 Å². The van der Waals surface area contributed by atoms with E-state index < -0.39 is 54.6 Å². The van der Waals surface area contributed by atoms with Gasteiger partial charge in [-0.05, 0) is 12.2 Å². The van der Waals surface area contributed by atoms with Crippen LogP contribution in [0.3, 0.4) is 0 Å². The lowest BCUT2D eigenvalue weighted by Crippen LogP contribution is -2.46. The molecule has 3 N–H and O–H groups in total. The Balaban J connectivity index is 4.43. The van der Waals surface area contributed by atoms with E-state index in [1.54, 1.807) is 6.92 Å². The van der Waals surface area contributed by atoms with Crippen LogP contribution in [0.15, 0.2) is 0 Å². The van der Waals surface area contributed by atoms with E-state index in [9.17, 15) is 24.0 Å². The SMILES string of the molecule is CC(=O)OCC(=O)C(CC(=O)O)NC(=O)C(C)CSCCCC(=O)O. The summed E-state index contributed by atoms with van der Waals surface area (Å²) in [5, 5.41) is 19.7. The van der Waals surface area contributed by atoms with Crippen LogP contribution >= 0.6 is 11.8 Å². The Bertz CT molecular complexity index is 508. The van der Waals surface area contributed by atoms with E-state index in [1.807, 2.05) is 0 Å². The van der Waals surface area contributed by atoms with E-state index in [2.05, 4.69) is 10.1 Å². The van der Waals surface area contributed by atoms with Gasteiger partial charge in [-0.15, -0.1) is 0 Å². The van der Waals surface area contributed by atoms with E-state index in [1.165, 1.54) is 11.8 Å². The largest absolute Gasteiger partial charge is 0.481 e.